The molecule has 1 heteroatoms. The minimum atomic E-state index is 0.962. The maximum absolute atomic E-state index is 5.14. The van der Waals surface area contributed by atoms with Gasteiger partial charge >= 0.3 is 0 Å². The van der Waals surface area contributed by atoms with E-state index in [9.17, 15) is 0 Å². The number of benzene rings is 6. The van der Waals surface area contributed by atoms with Crippen LogP contribution in [-0.2, 0) is 0 Å². The third-order valence-electron chi connectivity index (χ3n) is 7.66. The van der Waals surface area contributed by atoms with E-state index in [1.165, 1.54) is 38.9 Å². The molecule has 0 atom stereocenters. The zero-order valence-electron chi connectivity index (χ0n) is 23.2. The number of nitrogens with zero attached hydrogens (tertiary/aromatic N) is 1. The van der Waals surface area contributed by atoms with Crippen molar-refractivity contribution in [1.82, 2.24) is 4.98 Å². The minimum absolute atomic E-state index is 0.962. The molecule has 6 aromatic carbocycles. The molecular formula is C41H29N. The second-order valence-electron chi connectivity index (χ2n) is 10.5. The van der Waals surface area contributed by atoms with Crippen LogP contribution in [0.3, 0.4) is 0 Å². The van der Waals surface area contributed by atoms with Gasteiger partial charge in [0.25, 0.3) is 0 Å². The molecule has 7 aromatic rings. The monoisotopic (exact) mass is 535 g/mol. The van der Waals surface area contributed by atoms with Gasteiger partial charge in [-0.2, -0.15) is 0 Å². The van der Waals surface area contributed by atoms with Crippen molar-refractivity contribution in [3.8, 4) is 67.0 Å². The quantitative estimate of drug-likeness (QED) is 0.206. The number of aromatic nitrogens is 1. The normalized spacial score (nSPS) is 10.9. The second kappa shape index (κ2) is 11.5. The van der Waals surface area contributed by atoms with Gasteiger partial charge in [0.05, 0.1) is 11.4 Å². The summed E-state index contributed by atoms with van der Waals surface area (Å²) in [6.45, 7) is 0. The Bertz CT molecular complexity index is 1900. The number of pyridine rings is 1. The molecule has 0 saturated carbocycles. The number of hydrogen-bond acceptors (Lipinski definition) is 1. The summed E-state index contributed by atoms with van der Waals surface area (Å²) >= 11 is 0. The fourth-order valence-electron chi connectivity index (χ4n) is 5.48. The summed E-state index contributed by atoms with van der Waals surface area (Å²) in [5.74, 6) is 0. The Morgan fingerprint density at radius 3 is 1.00 bits per heavy atom. The van der Waals surface area contributed by atoms with Gasteiger partial charge in [0.1, 0.15) is 0 Å². The van der Waals surface area contributed by atoms with Gasteiger partial charge in [-0.3, -0.25) is 0 Å². The SMILES string of the molecule is c1ccc(-c2cccc(-c3cccc(-c4cccc(-c5cc(-c6ccccc6)cc(-c6ccccc6)n5)c4)c3)c2)cc1. The van der Waals surface area contributed by atoms with Crippen LogP contribution in [0.15, 0.2) is 176 Å². The van der Waals surface area contributed by atoms with Gasteiger partial charge in [0, 0.05) is 11.1 Å². The van der Waals surface area contributed by atoms with Crippen LogP contribution in [0.5, 0.6) is 0 Å². The third-order valence-corrected chi connectivity index (χ3v) is 7.66. The molecule has 0 radical (unpaired) electrons. The highest BCUT2D eigenvalue weighted by molar-refractivity contribution is 5.81. The lowest BCUT2D eigenvalue weighted by molar-refractivity contribution is 1.32. The first kappa shape index (κ1) is 25.4. The second-order valence-corrected chi connectivity index (χ2v) is 10.5. The van der Waals surface area contributed by atoms with E-state index in [2.05, 4.69) is 170 Å². The van der Waals surface area contributed by atoms with Crippen molar-refractivity contribution in [2.24, 2.45) is 0 Å². The summed E-state index contributed by atoms with van der Waals surface area (Å²) < 4.78 is 0. The molecule has 0 aliphatic rings. The molecule has 0 N–H and O–H groups in total. The topological polar surface area (TPSA) is 12.9 Å². The van der Waals surface area contributed by atoms with Gasteiger partial charge in [0.2, 0.25) is 0 Å². The molecule has 0 bridgehead atoms. The molecule has 198 valence electrons. The molecular weight excluding hydrogens is 506 g/mol. The van der Waals surface area contributed by atoms with Crippen molar-refractivity contribution < 1.29 is 0 Å². The number of hydrogen-bond donors (Lipinski definition) is 0. The third kappa shape index (κ3) is 5.41. The standard InChI is InChI=1S/C41H29N/c1-4-13-30(14-5-1)33-19-10-20-34(25-33)35-21-11-22-36(26-35)37-23-12-24-38(27-37)41-29-39(31-15-6-2-7-16-31)28-40(42-41)32-17-8-3-9-18-32/h1-29H. The maximum atomic E-state index is 5.14. The van der Waals surface area contributed by atoms with E-state index in [1.54, 1.807) is 0 Å². The minimum Gasteiger partial charge on any atom is -0.248 e. The molecule has 42 heavy (non-hydrogen) atoms. The first-order chi connectivity index (χ1) is 20.8. The fourth-order valence-corrected chi connectivity index (χ4v) is 5.48. The van der Waals surface area contributed by atoms with Crippen molar-refractivity contribution in [1.29, 1.82) is 0 Å². The Balaban J connectivity index is 1.28. The van der Waals surface area contributed by atoms with Crippen LogP contribution in [-0.4, -0.2) is 4.98 Å². The van der Waals surface area contributed by atoms with Crippen LogP contribution in [0.2, 0.25) is 0 Å². The zero-order valence-corrected chi connectivity index (χ0v) is 23.2. The summed E-state index contributed by atoms with van der Waals surface area (Å²) in [6.07, 6.45) is 0. The summed E-state index contributed by atoms with van der Waals surface area (Å²) in [6, 6.07) is 62.2. The van der Waals surface area contributed by atoms with Crippen molar-refractivity contribution in [3.05, 3.63) is 176 Å². The molecule has 7 rings (SSSR count). The molecule has 0 fully saturated rings. The van der Waals surface area contributed by atoms with Gasteiger partial charge in [-0.25, -0.2) is 4.98 Å². The average molecular weight is 536 g/mol. The van der Waals surface area contributed by atoms with E-state index < -0.39 is 0 Å². The maximum Gasteiger partial charge on any atom is 0.0715 e. The van der Waals surface area contributed by atoms with E-state index in [-0.39, 0.29) is 0 Å². The molecule has 0 amide bonds. The molecule has 1 heterocycles. The van der Waals surface area contributed by atoms with Crippen LogP contribution in [0.25, 0.3) is 67.0 Å². The predicted octanol–water partition coefficient (Wildman–Crippen LogP) is 11.1. The highest BCUT2D eigenvalue weighted by Gasteiger charge is 2.11. The summed E-state index contributed by atoms with van der Waals surface area (Å²) in [4.78, 5) is 5.14. The van der Waals surface area contributed by atoms with Crippen LogP contribution in [0.1, 0.15) is 0 Å². The Kier molecular flexibility index (Phi) is 6.98. The Morgan fingerprint density at radius 2 is 0.524 bits per heavy atom. The van der Waals surface area contributed by atoms with E-state index in [0.717, 1.165) is 28.1 Å². The summed E-state index contributed by atoms with van der Waals surface area (Å²) in [5, 5.41) is 0. The lowest BCUT2D eigenvalue weighted by Crippen LogP contribution is -1.91. The molecule has 0 aliphatic heterocycles. The Hall–Kier alpha value is -5.53. The Morgan fingerprint density at radius 1 is 0.214 bits per heavy atom. The van der Waals surface area contributed by atoms with Crippen LogP contribution in [0.4, 0.5) is 0 Å². The van der Waals surface area contributed by atoms with Crippen molar-refractivity contribution in [3.63, 3.8) is 0 Å². The molecule has 0 saturated heterocycles. The molecule has 0 unspecified atom stereocenters. The van der Waals surface area contributed by atoms with Crippen LogP contribution < -0.4 is 0 Å². The first-order valence-corrected chi connectivity index (χ1v) is 14.3. The summed E-state index contributed by atoms with van der Waals surface area (Å²) in [5.41, 5.74) is 13.7. The highest BCUT2D eigenvalue weighted by Crippen LogP contribution is 2.34. The lowest BCUT2D eigenvalue weighted by atomic mass is 9.95. The summed E-state index contributed by atoms with van der Waals surface area (Å²) in [7, 11) is 0. The fraction of sp³-hybridized carbons (Fsp3) is 0. The largest absolute Gasteiger partial charge is 0.248 e. The van der Waals surface area contributed by atoms with E-state index in [4.69, 9.17) is 4.98 Å². The number of rotatable bonds is 6. The van der Waals surface area contributed by atoms with Gasteiger partial charge < -0.3 is 0 Å². The van der Waals surface area contributed by atoms with Gasteiger partial charge in [-0.1, -0.05) is 146 Å². The lowest BCUT2D eigenvalue weighted by Gasteiger charge is -2.12. The van der Waals surface area contributed by atoms with E-state index in [1.807, 2.05) is 6.07 Å². The van der Waals surface area contributed by atoms with Crippen LogP contribution in [0, 0.1) is 0 Å². The van der Waals surface area contributed by atoms with Crippen molar-refractivity contribution in [2.45, 2.75) is 0 Å². The molecule has 1 aromatic heterocycles. The molecule has 0 aliphatic carbocycles. The van der Waals surface area contributed by atoms with E-state index >= 15 is 0 Å². The molecule has 1 nitrogen and oxygen atoms in total. The highest BCUT2D eigenvalue weighted by atomic mass is 14.7. The van der Waals surface area contributed by atoms with E-state index in [0.29, 0.717) is 0 Å². The average Bonchev–Trinajstić information content (AvgIpc) is 3.09. The van der Waals surface area contributed by atoms with Gasteiger partial charge in [-0.15, -0.1) is 0 Å². The smallest absolute Gasteiger partial charge is 0.0715 e. The van der Waals surface area contributed by atoms with Crippen LogP contribution >= 0.6 is 0 Å². The predicted molar refractivity (Wildman–Crippen MR) is 177 cm³/mol. The first-order valence-electron chi connectivity index (χ1n) is 14.3. The zero-order chi connectivity index (χ0) is 28.1. The van der Waals surface area contributed by atoms with Gasteiger partial charge in [-0.05, 0) is 74.8 Å². The Labute approximate surface area is 247 Å². The van der Waals surface area contributed by atoms with Crippen molar-refractivity contribution in [2.75, 3.05) is 0 Å². The van der Waals surface area contributed by atoms with Gasteiger partial charge in [0.15, 0.2) is 0 Å². The molecule has 0 spiro atoms. The van der Waals surface area contributed by atoms with Crippen molar-refractivity contribution >= 4 is 0 Å².